The van der Waals surface area contributed by atoms with Crippen LogP contribution in [0.15, 0.2) is 37.5 Å². The second kappa shape index (κ2) is 41.4. The first-order valence-electron chi connectivity index (χ1n) is 45.0. The van der Waals surface area contributed by atoms with E-state index in [9.17, 15) is 50.6 Å². The quantitative estimate of drug-likeness (QED) is 0.0195. The van der Waals surface area contributed by atoms with Gasteiger partial charge in [-0.05, 0) is 92.8 Å². The lowest BCUT2D eigenvalue weighted by Crippen LogP contribution is -2.66. The summed E-state index contributed by atoms with van der Waals surface area (Å²) in [6.45, 7) is 56.8. The van der Waals surface area contributed by atoms with Crippen LogP contribution in [0.25, 0.3) is 44.7 Å². The maximum Gasteiger partial charge on any atom is 0.335 e. The first kappa shape index (κ1) is 104. The summed E-state index contributed by atoms with van der Waals surface area (Å²) in [5.41, 5.74) is 7.02. The molecule has 6 fully saturated rings. The maximum atomic E-state index is 11.8. The number of aliphatic hydroxyl groups is 4. The Labute approximate surface area is 777 Å². The molecule has 8 aromatic heterocycles. The van der Waals surface area contributed by atoms with Gasteiger partial charge in [-0.1, -0.05) is 117 Å². The third kappa shape index (κ3) is 19.4. The first-order valence-corrected chi connectivity index (χ1v) is 52.9. The number of nitrogens with zero attached hydrogens (tertiary/aromatic N) is 19. The molecule has 8 aromatic rings. The van der Waals surface area contributed by atoms with Crippen molar-refractivity contribution in [2.75, 3.05) is 74.5 Å². The van der Waals surface area contributed by atoms with E-state index in [0.29, 0.717) is 72.0 Å². The number of nitrogen functional groups attached to an aromatic ring is 1. The number of carbonyl (C=O) groups is 3. The van der Waals surface area contributed by atoms with Crippen molar-refractivity contribution in [2.24, 2.45) is 16.2 Å². The van der Waals surface area contributed by atoms with E-state index in [1.165, 1.54) is 49.5 Å². The van der Waals surface area contributed by atoms with Crippen LogP contribution in [0.4, 0.5) is 23.8 Å². The van der Waals surface area contributed by atoms with Gasteiger partial charge in [0, 0.05) is 26.3 Å². The Hall–Kier alpha value is -9.87. The van der Waals surface area contributed by atoms with Gasteiger partial charge in [-0.25, -0.2) is 19.9 Å². The number of carbonyl (C=O) groups excluding carboxylic acids is 3. The lowest BCUT2D eigenvalue weighted by Gasteiger charge is -2.52. The SMILES string of the molecule is C=C1[C@H](n2cnc3c(OCC)nc(NC(C)=O)nc32)O[C@@H]2CO[Si](C(C)C)(C(C)C)O[Si](C(C)C)(C(C)C)O[C@@H]12.CCOc1nc(N)nc2c1ncn2[C@@H]1O[C@H](CO)[C@@H](O)[C@@]1(C)C#N.CCOc1nc(NC(C)=O)nc2c1ncn2[C@@H]1O[C@@H]2CO[Si](C(C)C)(C(C)C)O[Si](C(C)C)(C(C)C)O[C@H]2[C@@]1(C)C#N.CCOc1nc(NC(C)=O)nc2c1ncn2[C@@H]1O[C@H](CO)[C@@H](O)[C@@]1(C)C#N. The number of rotatable bonds is 25. The molecule has 14 heterocycles. The van der Waals surface area contributed by atoms with Crippen LogP contribution in [0.1, 0.15) is 205 Å². The van der Waals surface area contributed by atoms with E-state index < -0.39 is 131 Å². The number of nitrogens with one attached hydrogen (secondary N) is 3. The summed E-state index contributed by atoms with van der Waals surface area (Å²) in [5, 5.41) is 77.3. The highest BCUT2D eigenvalue weighted by atomic mass is 28.5. The minimum Gasteiger partial charge on any atom is -0.476 e. The van der Waals surface area contributed by atoms with E-state index in [2.05, 4.69) is 211 Å². The standard InChI is InChI=1S/C28H46N6O6Si2.C27H45N5O6Si2.C16H20N6O5.C14H18N6O4/c1-12-36-25-22-24(32-27(33-25)31-20(10)35)34(15-30-22)26-28(11,14-29)23-21(38-26)13-37-41(16(2)3,17(4)5)40-42(39-23,18(6)7)19(8)9;1-12-34-25-22-24(30-27(31-25)29-20(11)33)32(14-28-22)26-19(10)23-21(36-26)13-35-39(15(2)3,16(4)5)38-40(37-23,17(6)7)18(8)9;1-4-26-13-10-12(20-15(21-13)19-8(2)24)22(7-18-10)14-16(3,6-17)11(25)9(5-23)27-14;1-3-23-11-8-10(18-13(16)19-11)20(6-17-8)12-14(2,5-15)9(22)7(4-21)24-12/h15-19,21,23,26H,12-13H2,1-11H3,(H,31,32,33,35);14-18,21,23,26H,10,12-13H2,1-9,11H3,(H,29,30,31,33);7,9,11,14,23,25H,4-5H2,1-3H3,(H,19,20,21,24);6-7,9,12,21-22H,3-4H2,1-2H3,(H2,16,18,19)/t21-,23-,26-,28-;21-,23+,26-;9-,11-,14-,16-;7-,9-,12-,14-/m1111/s1. The van der Waals surface area contributed by atoms with Crippen molar-refractivity contribution in [1.82, 2.24) is 78.1 Å². The van der Waals surface area contributed by atoms with Gasteiger partial charge in [0.1, 0.15) is 59.0 Å². The number of hydrogen-bond donors (Lipinski definition) is 8. The predicted molar refractivity (Wildman–Crippen MR) is 493 cm³/mol. The molecule has 6 saturated heterocycles. The molecule has 0 aromatic carbocycles. The van der Waals surface area contributed by atoms with Crippen LogP contribution in [-0.2, 0) is 59.3 Å². The van der Waals surface area contributed by atoms with Crippen LogP contribution in [0, 0.1) is 50.2 Å². The highest BCUT2D eigenvalue weighted by molar-refractivity contribution is 6.84. The van der Waals surface area contributed by atoms with Crippen LogP contribution >= 0.6 is 0 Å². The molecule has 0 bridgehead atoms. The third-order valence-electron chi connectivity index (χ3n) is 24.9. The molecule has 0 spiro atoms. The molecule has 3 amide bonds. The summed E-state index contributed by atoms with van der Waals surface area (Å²) in [6, 6.07) is 6.67. The largest absolute Gasteiger partial charge is 0.476 e. The molecule has 0 unspecified atom stereocenters. The Morgan fingerprint density at radius 2 is 0.774 bits per heavy atom. The number of imidazole rings is 4. The molecule has 44 nitrogen and oxygen atoms in total. The van der Waals surface area contributed by atoms with Gasteiger partial charge in [0.25, 0.3) is 0 Å². The molecule has 14 rings (SSSR count). The van der Waals surface area contributed by atoms with Crippen molar-refractivity contribution in [3.05, 3.63) is 37.5 Å². The van der Waals surface area contributed by atoms with Gasteiger partial charge < -0.3 is 90.0 Å². The Morgan fingerprint density at radius 1 is 0.466 bits per heavy atom. The molecule has 6 aliphatic heterocycles. The fraction of sp³-hybridized carbons (Fsp3) is 0.671. The van der Waals surface area contributed by atoms with Gasteiger partial charge in [0.2, 0.25) is 65.0 Å². The van der Waals surface area contributed by atoms with Crippen LogP contribution < -0.4 is 40.6 Å². The second-order valence-electron chi connectivity index (χ2n) is 36.7. The molecule has 15 atom stereocenters. The number of ether oxygens (including phenoxy) is 8. The average Bonchev–Trinajstić information content (AvgIpc) is 1.59. The van der Waals surface area contributed by atoms with E-state index in [1.54, 1.807) is 42.6 Å². The molecule has 6 aliphatic rings. The van der Waals surface area contributed by atoms with E-state index in [4.69, 9.17) is 69.6 Å². The Morgan fingerprint density at radius 3 is 1.10 bits per heavy atom. The molecule has 0 radical (unpaired) electrons. The highest BCUT2D eigenvalue weighted by Gasteiger charge is 2.67. The predicted octanol–water partition coefficient (Wildman–Crippen LogP) is 10.7. The van der Waals surface area contributed by atoms with Crippen molar-refractivity contribution < 1.29 is 98.6 Å². The summed E-state index contributed by atoms with van der Waals surface area (Å²) in [4.78, 5) is 87.0. The molecule has 0 saturated carbocycles. The summed E-state index contributed by atoms with van der Waals surface area (Å²) >= 11 is 0. The third-order valence-corrected chi connectivity index (χ3v) is 45.4. The fourth-order valence-electron chi connectivity index (χ4n) is 18.1. The number of hydrogen-bond acceptors (Lipinski definition) is 37. The first-order chi connectivity index (χ1) is 62.7. The minimum absolute atomic E-state index is 0.0103. The van der Waals surface area contributed by atoms with Crippen molar-refractivity contribution in [1.29, 1.82) is 15.8 Å². The van der Waals surface area contributed by atoms with Gasteiger partial charge in [0.05, 0.1) is 102 Å². The molecule has 0 aliphatic carbocycles. The summed E-state index contributed by atoms with van der Waals surface area (Å²) in [7, 11) is -11.3. The van der Waals surface area contributed by atoms with Crippen molar-refractivity contribution in [2.45, 2.75) is 298 Å². The Bertz CT molecular complexity index is 5610. The molecular weight excluding hydrogens is 1790 g/mol. The van der Waals surface area contributed by atoms with Gasteiger partial charge in [-0.15, -0.1) is 0 Å². The van der Waals surface area contributed by atoms with Crippen LogP contribution in [-0.4, -0.2) is 252 Å². The highest BCUT2D eigenvalue weighted by Crippen LogP contribution is 2.56. The van der Waals surface area contributed by atoms with Crippen LogP contribution in [0.2, 0.25) is 44.3 Å². The number of aliphatic hydroxyl groups excluding tert-OH is 4. The minimum atomic E-state index is -3.00. The Balaban J connectivity index is 0.000000175. The normalized spacial score (nSPS) is 26.9. The lowest BCUT2D eigenvalue weighted by atomic mass is 9.84. The number of amides is 3. The van der Waals surface area contributed by atoms with Crippen molar-refractivity contribution >= 4 is 120 Å². The summed E-state index contributed by atoms with van der Waals surface area (Å²) < 4.78 is 96.4. The zero-order valence-corrected chi connectivity index (χ0v) is 84.5. The molecule has 726 valence electrons. The number of nitriles is 3. The number of aromatic nitrogens is 16. The average molecular weight is 1920 g/mol. The van der Waals surface area contributed by atoms with Crippen molar-refractivity contribution in [3.63, 3.8) is 0 Å². The zero-order valence-electron chi connectivity index (χ0n) is 80.5. The topological polar surface area (TPSA) is 569 Å². The smallest absolute Gasteiger partial charge is 0.335 e. The molecular formula is C85H129N23O21Si4. The van der Waals surface area contributed by atoms with Gasteiger partial charge >= 0.3 is 34.2 Å². The van der Waals surface area contributed by atoms with E-state index in [0.717, 1.165) is 5.57 Å². The number of fused-ring (bicyclic) bond motifs is 6. The summed E-state index contributed by atoms with van der Waals surface area (Å²) in [5.74, 6) is 0.148. The van der Waals surface area contributed by atoms with E-state index in [1.807, 2.05) is 20.8 Å². The molecule has 48 heteroatoms. The monoisotopic (exact) mass is 1920 g/mol. The van der Waals surface area contributed by atoms with Crippen molar-refractivity contribution in [3.8, 4) is 41.7 Å². The van der Waals surface area contributed by atoms with Crippen LogP contribution in [0.3, 0.4) is 0 Å². The van der Waals surface area contributed by atoms with Crippen LogP contribution in [0.5, 0.6) is 23.5 Å². The molecule has 9 N–H and O–H groups in total. The van der Waals surface area contributed by atoms with Gasteiger partial charge in [-0.3, -0.25) is 48.6 Å². The van der Waals surface area contributed by atoms with E-state index in [-0.39, 0.29) is 128 Å². The molecule has 133 heavy (non-hydrogen) atoms. The van der Waals surface area contributed by atoms with E-state index >= 15 is 0 Å². The van der Waals surface area contributed by atoms with Gasteiger partial charge in [0.15, 0.2) is 69.6 Å². The lowest BCUT2D eigenvalue weighted by molar-refractivity contribution is -0.115. The van der Waals surface area contributed by atoms with Gasteiger partial charge in [-0.2, -0.15) is 55.7 Å². The second-order valence-corrected chi connectivity index (χ2v) is 54.4. The summed E-state index contributed by atoms with van der Waals surface area (Å²) in [6.07, 6.45) is -3.41. The number of anilines is 4. The fourth-order valence-corrected chi connectivity index (χ4v) is 40.6. The number of nitrogens with two attached hydrogens (primary N) is 1. The zero-order chi connectivity index (χ0) is 98.0. The maximum absolute atomic E-state index is 11.8. The Kier molecular flexibility index (Phi) is 32.2.